The first-order valence-electron chi connectivity index (χ1n) is 6.68. The Bertz CT molecular complexity index is 317. The molecule has 1 aromatic carbocycles. The molecule has 1 aliphatic heterocycles. The summed E-state index contributed by atoms with van der Waals surface area (Å²) < 4.78 is 6.28. The lowest BCUT2D eigenvalue weighted by atomic mass is 9.98. The zero-order valence-corrected chi connectivity index (χ0v) is 10.9. The Morgan fingerprint density at radius 1 is 1.24 bits per heavy atom. The highest BCUT2D eigenvalue weighted by molar-refractivity contribution is 5.18. The fourth-order valence-corrected chi connectivity index (χ4v) is 2.41. The molecule has 1 aromatic rings. The predicted molar refractivity (Wildman–Crippen MR) is 71.0 cm³/mol. The van der Waals surface area contributed by atoms with Crippen molar-refractivity contribution >= 4 is 0 Å². The number of ether oxygens (including phenoxy) is 1. The van der Waals surface area contributed by atoms with Gasteiger partial charge in [-0.3, -0.25) is 0 Å². The van der Waals surface area contributed by atoms with Crippen molar-refractivity contribution in [3.63, 3.8) is 0 Å². The lowest BCUT2D eigenvalue weighted by Gasteiger charge is -2.30. The van der Waals surface area contributed by atoms with Crippen LogP contribution in [0.5, 0.6) is 0 Å². The maximum atomic E-state index is 6.28. The van der Waals surface area contributed by atoms with Crippen LogP contribution in [0.4, 0.5) is 0 Å². The number of nitrogens with one attached hydrogen (secondary N) is 1. The van der Waals surface area contributed by atoms with Crippen LogP contribution in [0, 0.1) is 5.92 Å². The normalized spacial score (nSPS) is 22.6. The minimum Gasteiger partial charge on any atom is -0.369 e. The molecule has 1 N–H and O–H groups in total. The number of piperidine rings is 1. The maximum Gasteiger partial charge on any atom is 0.0852 e. The van der Waals surface area contributed by atoms with Crippen molar-refractivity contribution in [1.29, 1.82) is 0 Å². The molecule has 1 heterocycles. The lowest BCUT2D eigenvalue weighted by Crippen LogP contribution is -2.36. The molecule has 0 aliphatic carbocycles. The van der Waals surface area contributed by atoms with Gasteiger partial charge in [-0.2, -0.15) is 0 Å². The third-order valence-corrected chi connectivity index (χ3v) is 3.32. The molecule has 2 atom stereocenters. The van der Waals surface area contributed by atoms with Gasteiger partial charge in [0.1, 0.15) is 0 Å². The summed E-state index contributed by atoms with van der Waals surface area (Å²) in [6.45, 7) is 6.59. The van der Waals surface area contributed by atoms with Gasteiger partial charge in [0.05, 0.1) is 12.2 Å². The summed E-state index contributed by atoms with van der Waals surface area (Å²) in [5.74, 6) is 0.513. The second kappa shape index (κ2) is 6.18. The van der Waals surface area contributed by atoms with Gasteiger partial charge in [-0.1, -0.05) is 44.2 Å². The number of benzene rings is 1. The van der Waals surface area contributed by atoms with Crippen molar-refractivity contribution in [2.75, 3.05) is 13.1 Å². The smallest absolute Gasteiger partial charge is 0.0852 e. The first kappa shape index (κ1) is 12.6. The molecular weight excluding hydrogens is 210 g/mol. The van der Waals surface area contributed by atoms with E-state index >= 15 is 0 Å². The fourth-order valence-electron chi connectivity index (χ4n) is 2.41. The van der Waals surface area contributed by atoms with Gasteiger partial charge in [-0.15, -0.1) is 0 Å². The molecule has 2 rings (SSSR count). The van der Waals surface area contributed by atoms with Crippen LogP contribution in [-0.2, 0) is 4.74 Å². The van der Waals surface area contributed by atoms with Crippen LogP contribution in [0.2, 0.25) is 0 Å². The van der Waals surface area contributed by atoms with E-state index in [-0.39, 0.29) is 6.10 Å². The summed E-state index contributed by atoms with van der Waals surface area (Å²) in [5, 5.41) is 3.41. The Balaban J connectivity index is 2.02. The molecule has 1 saturated heterocycles. The zero-order chi connectivity index (χ0) is 12.1. The lowest BCUT2D eigenvalue weighted by molar-refractivity contribution is -0.0466. The van der Waals surface area contributed by atoms with Crippen molar-refractivity contribution in [2.24, 2.45) is 5.92 Å². The average Bonchev–Trinajstić information content (AvgIpc) is 2.38. The van der Waals surface area contributed by atoms with Crippen LogP contribution in [0.15, 0.2) is 30.3 Å². The monoisotopic (exact) mass is 233 g/mol. The third kappa shape index (κ3) is 3.55. The van der Waals surface area contributed by atoms with Crippen molar-refractivity contribution in [3.05, 3.63) is 35.9 Å². The Kier molecular flexibility index (Phi) is 4.57. The van der Waals surface area contributed by atoms with Crippen molar-refractivity contribution in [3.8, 4) is 0 Å². The van der Waals surface area contributed by atoms with E-state index in [1.54, 1.807) is 0 Å². The van der Waals surface area contributed by atoms with E-state index < -0.39 is 0 Å². The van der Waals surface area contributed by atoms with Crippen LogP contribution < -0.4 is 5.32 Å². The van der Waals surface area contributed by atoms with E-state index in [1.807, 2.05) is 0 Å². The molecule has 0 aromatic heterocycles. The molecule has 1 aliphatic rings. The molecule has 1 fully saturated rings. The van der Waals surface area contributed by atoms with Crippen LogP contribution >= 0.6 is 0 Å². The topological polar surface area (TPSA) is 21.3 Å². The number of hydrogen-bond donors (Lipinski definition) is 1. The highest BCUT2D eigenvalue weighted by atomic mass is 16.5. The van der Waals surface area contributed by atoms with Gasteiger partial charge in [0.15, 0.2) is 0 Å². The van der Waals surface area contributed by atoms with Crippen LogP contribution in [0.3, 0.4) is 0 Å². The average molecular weight is 233 g/mol. The Morgan fingerprint density at radius 2 is 2.00 bits per heavy atom. The van der Waals surface area contributed by atoms with Gasteiger partial charge >= 0.3 is 0 Å². The van der Waals surface area contributed by atoms with Gasteiger partial charge in [-0.25, -0.2) is 0 Å². The number of hydrogen-bond acceptors (Lipinski definition) is 2. The minimum absolute atomic E-state index is 0.223. The largest absolute Gasteiger partial charge is 0.369 e. The van der Waals surface area contributed by atoms with E-state index in [1.165, 1.54) is 18.4 Å². The highest BCUT2D eigenvalue weighted by Crippen LogP contribution is 2.28. The summed E-state index contributed by atoms with van der Waals surface area (Å²) >= 11 is 0. The van der Waals surface area contributed by atoms with Crippen LogP contribution in [-0.4, -0.2) is 19.2 Å². The first-order valence-corrected chi connectivity index (χ1v) is 6.68. The van der Waals surface area contributed by atoms with Crippen molar-refractivity contribution in [2.45, 2.75) is 38.9 Å². The van der Waals surface area contributed by atoms with E-state index in [0.29, 0.717) is 12.0 Å². The molecule has 2 heteroatoms. The van der Waals surface area contributed by atoms with Crippen molar-refractivity contribution < 1.29 is 4.74 Å². The molecule has 17 heavy (non-hydrogen) atoms. The second-order valence-electron chi connectivity index (χ2n) is 5.18. The summed E-state index contributed by atoms with van der Waals surface area (Å²) in [7, 11) is 0. The summed E-state index contributed by atoms with van der Waals surface area (Å²) in [5.41, 5.74) is 1.30. The molecule has 2 nitrogen and oxygen atoms in total. The van der Waals surface area contributed by atoms with E-state index in [2.05, 4.69) is 49.5 Å². The number of rotatable bonds is 4. The molecule has 2 unspecified atom stereocenters. The Morgan fingerprint density at radius 3 is 2.59 bits per heavy atom. The van der Waals surface area contributed by atoms with Gasteiger partial charge in [0.25, 0.3) is 0 Å². The summed E-state index contributed by atoms with van der Waals surface area (Å²) in [6, 6.07) is 10.6. The summed E-state index contributed by atoms with van der Waals surface area (Å²) in [6.07, 6.45) is 3.00. The standard InChI is InChI=1S/C15H23NO/c1-12(2)15(13-7-4-3-5-8-13)17-14-9-6-10-16-11-14/h3-5,7-8,12,14-16H,6,9-11H2,1-2H3. The minimum atomic E-state index is 0.223. The van der Waals surface area contributed by atoms with Gasteiger partial charge in [0, 0.05) is 6.54 Å². The molecular formula is C15H23NO. The molecule has 0 spiro atoms. The van der Waals surface area contributed by atoms with Crippen molar-refractivity contribution in [1.82, 2.24) is 5.32 Å². The Labute approximate surface area is 104 Å². The second-order valence-corrected chi connectivity index (χ2v) is 5.18. The molecule has 0 radical (unpaired) electrons. The van der Waals surface area contributed by atoms with Crippen LogP contribution in [0.25, 0.3) is 0 Å². The highest BCUT2D eigenvalue weighted by Gasteiger charge is 2.22. The molecule has 94 valence electrons. The Hall–Kier alpha value is -0.860. The van der Waals surface area contributed by atoms with E-state index in [9.17, 15) is 0 Å². The van der Waals surface area contributed by atoms with Gasteiger partial charge in [0.2, 0.25) is 0 Å². The molecule has 0 bridgehead atoms. The molecule has 0 saturated carbocycles. The predicted octanol–water partition coefficient (Wildman–Crippen LogP) is 3.15. The third-order valence-electron chi connectivity index (χ3n) is 3.32. The maximum absolute atomic E-state index is 6.28. The quantitative estimate of drug-likeness (QED) is 0.862. The fraction of sp³-hybridized carbons (Fsp3) is 0.600. The van der Waals surface area contributed by atoms with E-state index in [4.69, 9.17) is 4.74 Å². The first-order chi connectivity index (χ1) is 8.27. The van der Waals surface area contributed by atoms with Gasteiger partial charge in [-0.05, 0) is 30.9 Å². The molecule has 0 amide bonds. The van der Waals surface area contributed by atoms with E-state index in [0.717, 1.165) is 13.1 Å². The SMILES string of the molecule is CC(C)C(OC1CCCNC1)c1ccccc1. The zero-order valence-electron chi connectivity index (χ0n) is 10.9. The van der Waals surface area contributed by atoms with Crippen LogP contribution in [0.1, 0.15) is 38.4 Å². The summed E-state index contributed by atoms with van der Waals surface area (Å²) in [4.78, 5) is 0. The van der Waals surface area contributed by atoms with Gasteiger partial charge < -0.3 is 10.1 Å².